The van der Waals surface area contributed by atoms with Gasteiger partial charge in [-0.2, -0.15) is 0 Å². The van der Waals surface area contributed by atoms with E-state index in [-0.39, 0.29) is 18.4 Å². The highest BCUT2D eigenvalue weighted by molar-refractivity contribution is 5.79. The lowest BCUT2D eigenvalue weighted by Crippen LogP contribution is -2.39. The number of hydrogen-bond donors (Lipinski definition) is 2. The van der Waals surface area contributed by atoms with Gasteiger partial charge in [-0.25, -0.2) is 0 Å². The summed E-state index contributed by atoms with van der Waals surface area (Å²) >= 11 is 0. The van der Waals surface area contributed by atoms with Crippen molar-refractivity contribution in [3.63, 3.8) is 0 Å². The second-order valence-corrected chi connectivity index (χ2v) is 4.04. The Morgan fingerprint density at radius 3 is 2.47 bits per heavy atom. The molecule has 0 spiro atoms. The van der Waals surface area contributed by atoms with E-state index in [1.807, 2.05) is 0 Å². The fraction of sp³-hybridized carbons (Fsp3) is 0.800. The summed E-state index contributed by atoms with van der Waals surface area (Å²) in [5.74, 6) is -0.418. The van der Waals surface area contributed by atoms with Gasteiger partial charge in [-0.15, -0.1) is 0 Å². The van der Waals surface area contributed by atoms with Crippen molar-refractivity contribution in [2.75, 3.05) is 20.2 Å². The zero-order valence-electron chi connectivity index (χ0n) is 9.63. The average Bonchev–Trinajstić information content (AvgIpc) is 2.22. The fourth-order valence-electron chi connectivity index (χ4n) is 1.02. The van der Waals surface area contributed by atoms with Crippen LogP contribution in [0.3, 0.4) is 0 Å². The first-order valence-electron chi connectivity index (χ1n) is 4.99. The Hall–Kier alpha value is -1.10. The maximum atomic E-state index is 11.3. The largest absolute Gasteiger partial charge is 0.469 e. The van der Waals surface area contributed by atoms with Crippen molar-refractivity contribution in [2.45, 2.75) is 26.7 Å². The monoisotopic (exact) mass is 216 g/mol. The van der Waals surface area contributed by atoms with Gasteiger partial charge < -0.3 is 15.8 Å². The van der Waals surface area contributed by atoms with Crippen molar-refractivity contribution in [1.29, 1.82) is 0 Å². The molecule has 0 aromatic heterocycles. The molecule has 0 heterocycles. The Balaban J connectivity index is 3.92. The second-order valence-electron chi connectivity index (χ2n) is 4.04. The number of amides is 1. The normalized spacial score (nSPS) is 10.9. The number of nitrogens with two attached hydrogens (primary N) is 1. The summed E-state index contributed by atoms with van der Waals surface area (Å²) in [7, 11) is 1.33. The third-order valence-corrected chi connectivity index (χ3v) is 2.07. The van der Waals surface area contributed by atoms with Crippen LogP contribution in [0.1, 0.15) is 26.7 Å². The summed E-state index contributed by atoms with van der Waals surface area (Å²) in [6, 6.07) is 0. The van der Waals surface area contributed by atoms with Gasteiger partial charge in [0.05, 0.1) is 12.5 Å². The van der Waals surface area contributed by atoms with Gasteiger partial charge in [-0.05, 0) is 26.8 Å². The smallest absolute Gasteiger partial charge is 0.313 e. The van der Waals surface area contributed by atoms with Gasteiger partial charge in [0.15, 0.2) is 0 Å². The highest BCUT2D eigenvalue weighted by Crippen LogP contribution is 2.15. The van der Waals surface area contributed by atoms with E-state index in [1.165, 1.54) is 7.11 Å². The molecule has 0 aliphatic rings. The molecular weight excluding hydrogens is 196 g/mol. The number of carbonyl (C=O) groups excluding carboxylic acids is 2. The lowest BCUT2D eigenvalue weighted by molar-refractivity contribution is -0.150. The van der Waals surface area contributed by atoms with Crippen LogP contribution in [-0.4, -0.2) is 32.1 Å². The topological polar surface area (TPSA) is 81.4 Å². The van der Waals surface area contributed by atoms with E-state index in [9.17, 15) is 9.59 Å². The Morgan fingerprint density at radius 1 is 1.40 bits per heavy atom. The van der Waals surface area contributed by atoms with Crippen LogP contribution in [0.5, 0.6) is 0 Å². The van der Waals surface area contributed by atoms with Crippen LogP contribution >= 0.6 is 0 Å². The maximum absolute atomic E-state index is 11.3. The molecule has 0 aromatic rings. The summed E-state index contributed by atoms with van der Waals surface area (Å²) in [6.45, 7) is 4.22. The van der Waals surface area contributed by atoms with Crippen molar-refractivity contribution in [1.82, 2.24) is 5.32 Å². The van der Waals surface area contributed by atoms with Crippen LogP contribution in [-0.2, 0) is 14.3 Å². The molecule has 0 bridgehead atoms. The van der Waals surface area contributed by atoms with Crippen LogP contribution in [0.4, 0.5) is 0 Å². The van der Waals surface area contributed by atoms with Gasteiger partial charge in [-0.1, -0.05) is 0 Å². The van der Waals surface area contributed by atoms with Crippen molar-refractivity contribution in [3.8, 4) is 0 Å². The van der Waals surface area contributed by atoms with E-state index < -0.39 is 5.41 Å². The number of esters is 1. The number of methoxy groups -OCH3 is 1. The molecule has 3 N–H and O–H groups in total. The molecular formula is C10H20N2O3. The Morgan fingerprint density at radius 2 is 2.00 bits per heavy atom. The minimum atomic E-state index is -0.687. The van der Waals surface area contributed by atoms with E-state index in [4.69, 9.17) is 5.73 Å². The maximum Gasteiger partial charge on any atom is 0.313 e. The molecule has 5 nitrogen and oxygen atoms in total. The lowest BCUT2D eigenvalue weighted by Gasteiger charge is -2.21. The number of carbonyl (C=O) groups is 2. The van der Waals surface area contributed by atoms with Crippen molar-refractivity contribution in [2.24, 2.45) is 11.1 Å². The van der Waals surface area contributed by atoms with Gasteiger partial charge in [0, 0.05) is 13.0 Å². The molecule has 0 unspecified atom stereocenters. The summed E-state index contributed by atoms with van der Waals surface area (Å²) in [5.41, 5.74) is 4.59. The van der Waals surface area contributed by atoms with Crippen LogP contribution in [0, 0.1) is 5.41 Å². The number of hydrogen-bond acceptors (Lipinski definition) is 4. The molecule has 0 aromatic carbocycles. The summed E-state index contributed by atoms with van der Waals surface area (Å²) in [5, 5.41) is 2.68. The molecule has 0 saturated carbocycles. The molecule has 1 amide bonds. The minimum Gasteiger partial charge on any atom is -0.469 e. The van der Waals surface area contributed by atoms with Crippen LogP contribution in [0.25, 0.3) is 0 Å². The molecule has 88 valence electrons. The zero-order valence-corrected chi connectivity index (χ0v) is 9.63. The summed E-state index contributed by atoms with van der Waals surface area (Å²) in [6.07, 6.45) is 1.05. The zero-order chi connectivity index (χ0) is 11.9. The van der Waals surface area contributed by atoms with Gasteiger partial charge in [0.25, 0.3) is 0 Å². The molecule has 0 saturated heterocycles. The van der Waals surface area contributed by atoms with Crippen LogP contribution in [0.2, 0.25) is 0 Å². The fourth-order valence-corrected chi connectivity index (χ4v) is 1.02. The SMILES string of the molecule is COC(=O)C(C)(C)CNC(=O)CCCN. The number of nitrogens with one attached hydrogen (secondary N) is 1. The molecule has 0 rings (SSSR count). The van der Waals surface area contributed by atoms with Crippen molar-refractivity contribution in [3.05, 3.63) is 0 Å². The average molecular weight is 216 g/mol. The molecule has 0 atom stereocenters. The molecule has 0 fully saturated rings. The first-order chi connectivity index (χ1) is 6.94. The second kappa shape index (κ2) is 6.40. The van der Waals surface area contributed by atoms with Gasteiger partial charge in [0.1, 0.15) is 0 Å². The van der Waals surface area contributed by atoms with Gasteiger partial charge in [-0.3, -0.25) is 9.59 Å². The van der Waals surface area contributed by atoms with Crippen molar-refractivity contribution >= 4 is 11.9 Å². The van der Waals surface area contributed by atoms with E-state index >= 15 is 0 Å². The van der Waals surface area contributed by atoms with Crippen LogP contribution < -0.4 is 11.1 Å². The summed E-state index contributed by atoms with van der Waals surface area (Å²) in [4.78, 5) is 22.5. The van der Waals surface area contributed by atoms with E-state index in [2.05, 4.69) is 10.1 Å². The first kappa shape index (κ1) is 13.9. The third kappa shape index (κ3) is 5.37. The van der Waals surface area contributed by atoms with E-state index in [0.717, 1.165) is 0 Å². The highest BCUT2D eigenvalue weighted by atomic mass is 16.5. The van der Waals surface area contributed by atoms with Crippen LogP contribution in [0.15, 0.2) is 0 Å². The Bertz CT molecular complexity index is 227. The Kier molecular flexibility index (Phi) is 5.93. The molecule has 0 radical (unpaired) electrons. The summed E-state index contributed by atoms with van der Waals surface area (Å²) < 4.78 is 4.62. The quantitative estimate of drug-likeness (QED) is 0.614. The lowest BCUT2D eigenvalue weighted by atomic mass is 9.94. The molecule has 5 heteroatoms. The minimum absolute atomic E-state index is 0.0857. The van der Waals surface area contributed by atoms with Gasteiger partial charge in [0.2, 0.25) is 5.91 Å². The Labute approximate surface area is 90.4 Å². The first-order valence-corrected chi connectivity index (χ1v) is 4.99. The predicted octanol–water partition coefficient (Wildman–Crippen LogP) is 0.0407. The predicted molar refractivity (Wildman–Crippen MR) is 57.1 cm³/mol. The molecule has 0 aliphatic carbocycles. The van der Waals surface area contributed by atoms with Crippen molar-refractivity contribution < 1.29 is 14.3 Å². The number of rotatable bonds is 6. The third-order valence-electron chi connectivity index (χ3n) is 2.07. The highest BCUT2D eigenvalue weighted by Gasteiger charge is 2.28. The standard InChI is InChI=1S/C10H20N2O3/c1-10(2,9(14)15-3)7-12-8(13)5-4-6-11/h4-7,11H2,1-3H3,(H,12,13). The molecule has 0 aliphatic heterocycles. The van der Waals surface area contributed by atoms with E-state index in [0.29, 0.717) is 19.4 Å². The number of ether oxygens (including phenoxy) is 1. The molecule has 15 heavy (non-hydrogen) atoms. The van der Waals surface area contributed by atoms with E-state index in [1.54, 1.807) is 13.8 Å². The van der Waals surface area contributed by atoms with Gasteiger partial charge >= 0.3 is 5.97 Å².